The van der Waals surface area contributed by atoms with Crippen molar-refractivity contribution in [1.29, 1.82) is 5.26 Å². The quantitative estimate of drug-likeness (QED) is 0.208. The second-order valence-corrected chi connectivity index (χ2v) is 9.43. The Balaban J connectivity index is 5.15. The van der Waals surface area contributed by atoms with Crippen molar-refractivity contribution in [1.82, 2.24) is 0 Å². The van der Waals surface area contributed by atoms with Crippen LogP contribution in [0.3, 0.4) is 0 Å². The molecule has 0 saturated heterocycles. The van der Waals surface area contributed by atoms with Crippen molar-refractivity contribution in [2.75, 3.05) is 5.75 Å². The van der Waals surface area contributed by atoms with E-state index in [-0.39, 0.29) is 4.75 Å². The number of allylic oxidation sites excluding steroid dienone is 9. The Hall–Kier alpha value is -1.91. The highest BCUT2D eigenvalue weighted by Crippen LogP contribution is 2.42. The lowest BCUT2D eigenvalue weighted by Crippen LogP contribution is -2.12. The monoisotopic (exact) mass is 426 g/mol. The first-order chi connectivity index (χ1) is 13.0. The van der Waals surface area contributed by atoms with Crippen LogP contribution in [-0.2, 0) is 0 Å². The zero-order valence-corrected chi connectivity index (χ0v) is 17.9. The van der Waals surface area contributed by atoms with Crippen molar-refractivity contribution in [3.05, 3.63) is 70.7 Å². The standard InChI is InChI=1S/C21H25F3N2S2/c1-6-12-17(15-25)13-10-8-7-9-11-14-18(26-5)19(28-20(2,3)4)27-16-21(22,23)24/h6-7,9-14H,1,5,8,16H2,2-4H3/b9-7+,13-10-,14-11-,17-12+,19-18+. The van der Waals surface area contributed by atoms with Gasteiger partial charge < -0.3 is 0 Å². The Labute approximate surface area is 174 Å². The third kappa shape index (κ3) is 14.2. The van der Waals surface area contributed by atoms with Crippen LogP contribution in [0.15, 0.2) is 75.7 Å². The van der Waals surface area contributed by atoms with Crippen molar-refractivity contribution in [2.45, 2.75) is 38.1 Å². The third-order valence-corrected chi connectivity index (χ3v) is 5.20. The minimum atomic E-state index is -4.25. The summed E-state index contributed by atoms with van der Waals surface area (Å²) in [5.74, 6) is -0.974. The SMILES string of the molecule is C=C/C=C(C#N)\C=C/C/C=C/C=C\C(N=C)=C(\SCC(F)(F)F)SC(C)(C)C. The summed E-state index contributed by atoms with van der Waals surface area (Å²) >= 11 is 2.06. The summed E-state index contributed by atoms with van der Waals surface area (Å²) in [5, 5.41) is 8.87. The van der Waals surface area contributed by atoms with E-state index in [0.717, 1.165) is 11.8 Å². The molecule has 0 N–H and O–H groups in total. The molecule has 152 valence electrons. The molecule has 0 amide bonds. The molecule has 0 fully saturated rings. The lowest BCUT2D eigenvalue weighted by Gasteiger charge is -2.21. The van der Waals surface area contributed by atoms with Crippen LogP contribution in [0.2, 0.25) is 0 Å². The van der Waals surface area contributed by atoms with Crippen LogP contribution in [0.1, 0.15) is 27.2 Å². The average molecular weight is 427 g/mol. The molecular formula is C21H25F3N2S2. The molecule has 2 nitrogen and oxygen atoms in total. The number of halogens is 3. The first-order valence-electron chi connectivity index (χ1n) is 8.34. The van der Waals surface area contributed by atoms with Crippen LogP contribution < -0.4 is 0 Å². The van der Waals surface area contributed by atoms with Gasteiger partial charge in [0.05, 0.1) is 27.3 Å². The van der Waals surface area contributed by atoms with Gasteiger partial charge in [0, 0.05) is 4.75 Å². The topological polar surface area (TPSA) is 36.1 Å². The molecule has 0 aliphatic carbocycles. The van der Waals surface area contributed by atoms with Gasteiger partial charge in [0.25, 0.3) is 0 Å². The lowest BCUT2D eigenvalue weighted by atomic mass is 10.2. The summed E-state index contributed by atoms with van der Waals surface area (Å²) in [6.45, 7) is 12.8. The summed E-state index contributed by atoms with van der Waals surface area (Å²) in [6.07, 6.45) is 10.0. The van der Waals surface area contributed by atoms with Gasteiger partial charge in [-0.25, -0.2) is 0 Å². The Bertz CT molecular complexity index is 713. The fourth-order valence-corrected chi connectivity index (χ4v) is 4.13. The van der Waals surface area contributed by atoms with E-state index >= 15 is 0 Å². The van der Waals surface area contributed by atoms with Crippen molar-refractivity contribution < 1.29 is 13.2 Å². The van der Waals surface area contributed by atoms with E-state index in [1.165, 1.54) is 11.8 Å². The molecule has 0 aromatic rings. The number of nitrogens with zero attached hydrogens (tertiary/aromatic N) is 2. The van der Waals surface area contributed by atoms with Gasteiger partial charge in [-0.05, 0) is 31.4 Å². The van der Waals surface area contributed by atoms with Gasteiger partial charge in [-0.15, -0.1) is 23.5 Å². The van der Waals surface area contributed by atoms with E-state index in [2.05, 4.69) is 18.3 Å². The smallest absolute Gasteiger partial charge is 0.263 e. The van der Waals surface area contributed by atoms with E-state index in [9.17, 15) is 13.2 Å². The number of nitriles is 1. The fourth-order valence-electron chi connectivity index (χ4n) is 1.60. The Morgan fingerprint density at radius 2 is 1.82 bits per heavy atom. The predicted molar refractivity (Wildman–Crippen MR) is 118 cm³/mol. The molecule has 28 heavy (non-hydrogen) atoms. The molecule has 0 saturated carbocycles. The molecule has 0 atom stereocenters. The molecule has 0 rings (SSSR count). The van der Waals surface area contributed by atoms with Crippen LogP contribution in [-0.4, -0.2) is 23.4 Å². The van der Waals surface area contributed by atoms with E-state index < -0.39 is 11.9 Å². The first-order valence-corrected chi connectivity index (χ1v) is 10.1. The van der Waals surface area contributed by atoms with Crippen molar-refractivity contribution in [3.8, 4) is 6.07 Å². The Morgan fingerprint density at radius 3 is 2.32 bits per heavy atom. The summed E-state index contributed by atoms with van der Waals surface area (Å²) in [5.41, 5.74) is 0.917. The zero-order valence-electron chi connectivity index (χ0n) is 16.3. The molecule has 0 aromatic heterocycles. The van der Waals surface area contributed by atoms with Gasteiger partial charge in [0.1, 0.15) is 0 Å². The van der Waals surface area contributed by atoms with Crippen LogP contribution >= 0.6 is 23.5 Å². The van der Waals surface area contributed by atoms with Crippen molar-refractivity contribution in [2.24, 2.45) is 4.99 Å². The summed E-state index contributed by atoms with van der Waals surface area (Å²) in [6, 6.07) is 2.04. The molecule has 0 bridgehead atoms. The van der Waals surface area contributed by atoms with Crippen LogP contribution in [0, 0.1) is 11.3 Å². The summed E-state index contributed by atoms with van der Waals surface area (Å²) in [7, 11) is 0. The van der Waals surface area contributed by atoms with Gasteiger partial charge in [-0.3, -0.25) is 4.99 Å². The molecule has 0 spiro atoms. The molecule has 7 heteroatoms. The lowest BCUT2D eigenvalue weighted by molar-refractivity contribution is -0.105. The second-order valence-electron chi connectivity index (χ2n) is 6.34. The van der Waals surface area contributed by atoms with E-state index in [1.54, 1.807) is 36.5 Å². The van der Waals surface area contributed by atoms with Gasteiger partial charge in [-0.1, -0.05) is 57.7 Å². The fraction of sp³-hybridized carbons (Fsp3) is 0.333. The van der Waals surface area contributed by atoms with Gasteiger partial charge in [-0.2, -0.15) is 18.4 Å². The van der Waals surface area contributed by atoms with Crippen LogP contribution in [0.4, 0.5) is 13.2 Å². The molecule has 0 unspecified atom stereocenters. The largest absolute Gasteiger partial charge is 0.398 e. The number of hydrogen-bond acceptors (Lipinski definition) is 4. The maximum Gasteiger partial charge on any atom is 0.398 e. The van der Waals surface area contributed by atoms with E-state index in [4.69, 9.17) is 5.26 Å². The number of thioether (sulfide) groups is 2. The highest BCUT2D eigenvalue weighted by Gasteiger charge is 2.29. The minimum absolute atomic E-state index is 0.254. The normalized spacial score (nSPS) is 14.5. The molecule has 0 aliphatic heterocycles. The number of hydrogen-bond donors (Lipinski definition) is 0. The molecular weight excluding hydrogens is 401 g/mol. The summed E-state index contributed by atoms with van der Waals surface area (Å²) < 4.78 is 38.1. The van der Waals surface area contributed by atoms with Gasteiger partial charge in [0.15, 0.2) is 0 Å². The highest BCUT2D eigenvalue weighted by molar-refractivity contribution is 8.22. The molecule has 0 aliphatic rings. The number of alkyl halides is 3. The minimum Gasteiger partial charge on any atom is -0.263 e. The maximum absolute atomic E-state index is 12.6. The summed E-state index contributed by atoms with van der Waals surface area (Å²) in [4.78, 5) is 3.89. The Kier molecular flexibility index (Phi) is 12.4. The van der Waals surface area contributed by atoms with E-state index in [0.29, 0.717) is 21.9 Å². The highest BCUT2D eigenvalue weighted by atomic mass is 32.2. The zero-order chi connectivity index (χ0) is 21.6. The second kappa shape index (κ2) is 13.3. The average Bonchev–Trinajstić information content (AvgIpc) is 2.58. The van der Waals surface area contributed by atoms with Crippen LogP contribution in [0.5, 0.6) is 0 Å². The third-order valence-electron chi connectivity index (χ3n) is 2.64. The molecule has 0 heterocycles. The molecule has 0 radical (unpaired) electrons. The number of rotatable bonds is 10. The number of aliphatic imine (C=N–C) groups is 1. The maximum atomic E-state index is 12.6. The Morgan fingerprint density at radius 1 is 1.14 bits per heavy atom. The molecule has 0 aromatic carbocycles. The van der Waals surface area contributed by atoms with E-state index in [1.807, 2.05) is 39.0 Å². The first kappa shape index (κ1) is 26.1. The van der Waals surface area contributed by atoms with Crippen molar-refractivity contribution >= 4 is 30.2 Å². The predicted octanol–water partition coefficient (Wildman–Crippen LogP) is 7.38. The van der Waals surface area contributed by atoms with Gasteiger partial charge in [0.2, 0.25) is 0 Å². The van der Waals surface area contributed by atoms with Crippen molar-refractivity contribution in [3.63, 3.8) is 0 Å². The van der Waals surface area contributed by atoms with Crippen LogP contribution in [0.25, 0.3) is 0 Å². The van der Waals surface area contributed by atoms with Gasteiger partial charge >= 0.3 is 6.18 Å².